The summed E-state index contributed by atoms with van der Waals surface area (Å²) in [5.41, 5.74) is 9.62. The van der Waals surface area contributed by atoms with E-state index in [4.69, 9.17) is 15.2 Å². The Labute approximate surface area is 216 Å². The van der Waals surface area contributed by atoms with E-state index in [2.05, 4.69) is 10.6 Å². The molecule has 4 N–H and O–H groups in total. The minimum atomic E-state index is -0.733. The first kappa shape index (κ1) is 28.4. The predicted molar refractivity (Wildman–Crippen MR) is 141 cm³/mol. The van der Waals surface area contributed by atoms with Crippen LogP contribution in [0.1, 0.15) is 28.8 Å². The molecular formula is C27H30ClN3O5. The summed E-state index contributed by atoms with van der Waals surface area (Å²) in [5, 5.41) is 5.48. The first-order chi connectivity index (χ1) is 17.0. The molecule has 3 aromatic rings. The SMILES string of the molecule is COC(=O)c1cccc(-c2cccc(NC(=O)[C@@H](N)CCCNC(=O)OCc3ccccc3)c2)c1.Cl. The van der Waals surface area contributed by atoms with Crippen LogP contribution in [0.4, 0.5) is 10.5 Å². The first-order valence-corrected chi connectivity index (χ1v) is 11.3. The van der Waals surface area contributed by atoms with Crippen LogP contribution in [0, 0.1) is 0 Å². The molecule has 3 aromatic carbocycles. The highest BCUT2D eigenvalue weighted by Crippen LogP contribution is 2.24. The Hall–Kier alpha value is -3.88. The molecule has 0 heterocycles. The molecular weight excluding hydrogens is 482 g/mol. The van der Waals surface area contributed by atoms with Gasteiger partial charge in [-0.2, -0.15) is 0 Å². The molecule has 0 aliphatic carbocycles. The van der Waals surface area contributed by atoms with Crippen molar-refractivity contribution in [3.63, 3.8) is 0 Å². The van der Waals surface area contributed by atoms with Gasteiger partial charge < -0.3 is 25.8 Å². The van der Waals surface area contributed by atoms with E-state index >= 15 is 0 Å². The minimum Gasteiger partial charge on any atom is -0.465 e. The summed E-state index contributed by atoms with van der Waals surface area (Å²) in [6, 6.07) is 23.0. The third-order valence-electron chi connectivity index (χ3n) is 5.26. The molecule has 0 spiro atoms. The molecule has 0 saturated carbocycles. The van der Waals surface area contributed by atoms with Crippen molar-refractivity contribution in [3.8, 4) is 11.1 Å². The largest absolute Gasteiger partial charge is 0.465 e. The van der Waals surface area contributed by atoms with E-state index in [-0.39, 0.29) is 24.9 Å². The quantitative estimate of drug-likeness (QED) is 0.271. The number of methoxy groups -OCH3 is 1. The molecule has 8 nitrogen and oxygen atoms in total. The summed E-state index contributed by atoms with van der Waals surface area (Å²) in [6.45, 7) is 0.543. The van der Waals surface area contributed by atoms with Crippen molar-refractivity contribution >= 4 is 36.1 Å². The number of carbonyl (C=O) groups is 3. The number of alkyl carbamates (subject to hydrolysis) is 1. The molecule has 36 heavy (non-hydrogen) atoms. The van der Waals surface area contributed by atoms with Crippen molar-refractivity contribution in [1.29, 1.82) is 0 Å². The second-order valence-electron chi connectivity index (χ2n) is 7.88. The van der Waals surface area contributed by atoms with E-state index in [0.29, 0.717) is 30.6 Å². The Bertz CT molecular complexity index is 1160. The summed E-state index contributed by atoms with van der Waals surface area (Å²) in [7, 11) is 1.34. The second kappa shape index (κ2) is 14.5. The average Bonchev–Trinajstić information content (AvgIpc) is 2.90. The van der Waals surface area contributed by atoms with E-state index in [1.807, 2.05) is 54.6 Å². The van der Waals surface area contributed by atoms with Gasteiger partial charge in [0, 0.05) is 12.2 Å². The van der Waals surface area contributed by atoms with Crippen LogP contribution in [0.3, 0.4) is 0 Å². The van der Waals surface area contributed by atoms with E-state index in [1.54, 1.807) is 24.3 Å². The van der Waals surface area contributed by atoms with Crippen LogP contribution in [-0.2, 0) is 20.9 Å². The van der Waals surface area contributed by atoms with Crippen LogP contribution >= 0.6 is 12.4 Å². The third kappa shape index (κ3) is 8.72. The normalized spacial score (nSPS) is 10.9. The number of benzene rings is 3. The van der Waals surface area contributed by atoms with Crippen molar-refractivity contribution < 1.29 is 23.9 Å². The van der Waals surface area contributed by atoms with Crippen LogP contribution < -0.4 is 16.4 Å². The van der Waals surface area contributed by atoms with Gasteiger partial charge in [-0.1, -0.05) is 54.6 Å². The highest BCUT2D eigenvalue weighted by Gasteiger charge is 2.14. The zero-order valence-corrected chi connectivity index (χ0v) is 20.8. The Morgan fingerprint density at radius 3 is 2.33 bits per heavy atom. The van der Waals surface area contributed by atoms with Crippen LogP contribution in [0.25, 0.3) is 11.1 Å². The van der Waals surface area contributed by atoms with Gasteiger partial charge in [0.1, 0.15) is 6.61 Å². The molecule has 9 heteroatoms. The van der Waals surface area contributed by atoms with Gasteiger partial charge in [-0.25, -0.2) is 9.59 Å². The molecule has 0 unspecified atom stereocenters. The Morgan fingerprint density at radius 2 is 1.61 bits per heavy atom. The standard InChI is InChI=1S/C27H29N3O5.ClH/c1-34-26(32)22-12-5-10-20(16-22)21-11-6-13-23(17-21)30-25(31)24(28)14-7-15-29-27(33)35-18-19-8-3-2-4-9-19;/h2-6,8-13,16-17,24H,7,14-15,18,28H2,1H3,(H,29,33)(H,30,31);1H/t24-;/m0./s1. The van der Waals surface area contributed by atoms with Gasteiger partial charge in [0.05, 0.1) is 18.7 Å². The van der Waals surface area contributed by atoms with Gasteiger partial charge in [0.25, 0.3) is 0 Å². The fourth-order valence-electron chi connectivity index (χ4n) is 3.37. The number of hydrogen-bond donors (Lipinski definition) is 3. The Balaban J connectivity index is 0.00000456. The fraction of sp³-hybridized carbons (Fsp3) is 0.222. The fourth-order valence-corrected chi connectivity index (χ4v) is 3.37. The van der Waals surface area contributed by atoms with E-state index in [9.17, 15) is 14.4 Å². The summed E-state index contributed by atoms with van der Waals surface area (Å²) in [6.07, 6.45) is 0.404. The highest BCUT2D eigenvalue weighted by molar-refractivity contribution is 5.95. The molecule has 0 saturated heterocycles. The van der Waals surface area contributed by atoms with Gasteiger partial charge in [-0.3, -0.25) is 4.79 Å². The number of carbonyl (C=O) groups excluding carboxylic acids is 3. The molecule has 190 valence electrons. The van der Waals surface area contributed by atoms with E-state index < -0.39 is 18.1 Å². The topological polar surface area (TPSA) is 120 Å². The monoisotopic (exact) mass is 511 g/mol. The maximum absolute atomic E-state index is 12.5. The number of rotatable bonds is 10. The zero-order chi connectivity index (χ0) is 25.0. The predicted octanol–water partition coefficient (Wildman–Crippen LogP) is 4.53. The van der Waals surface area contributed by atoms with Crippen molar-refractivity contribution in [3.05, 3.63) is 90.0 Å². The molecule has 0 aliphatic rings. The van der Waals surface area contributed by atoms with Gasteiger partial charge in [-0.15, -0.1) is 12.4 Å². The van der Waals surface area contributed by atoms with Crippen molar-refractivity contribution in [2.24, 2.45) is 5.73 Å². The number of anilines is 1. The van der Waals surface area contributed by atoms with Crippen LogP contribution in [0.15, 0.2) is 78.9 Å². The second-order valence-corrected chi connectivity index (χ2v) is 7.88. The summed E-state index contributed by atoms with van der Waals surface area (Å²) in [5.74, 6) is -0.738. The van der Waals surface area contributed by atoms with E-state index in [0.717, 1.165) is 16.7 Å². The highest BCUT2D eigenvalue weighted by atomic mass is 35.5. The number of halogens is 1. The smallest absolute Gasteiger partial charge is 0.407 e. The van der Waals surface area contributed by atoms with Crippen LogP contribution in [-0.4, -0.2) is 37.7 Å². The van der Waals surface area contributed by atoms with Gasteiger partial charge >= 0.3 is 12.1 Å². The molecule has 1 atom stereocenters. The number of amides is 2. The lowest BCUT2D eigenvalue weighted by molar-refractivity contribution is -0.117. The number of esters is 1. The lowest BCUT2D eigenvalue weighted by Crippen LogP contribution is -2.36. The molecule has 0 aromatic heterocycles. The van der Waals surface area contributed by atoms with Crippen LogP contribution in [0.5, 0.6) is 0 Å². The minimum absolute atomic E-state index is 0. The third-order valence-corrected chi connectivity index (χ3v) is 5.26. The number of hydrogen-bond acceptors (Lipinski definition) is 6. The molecule has 3 rings (SSSR count). The number of ether oxygens (including phenoxy) is 2. The Kier molecular flexibility index (Phi) is 11.4. The van der Waals surface area contributed by atoms with Crippen molar-refractivity contribution in [2.45, 2.75) is 25.5 Å². The number of nitrogens with two attached hydrogens (primary N) is 1. The molecule has 0 radical (unpaired) electrons. The van der Waals surface area contributed by atoms with E-state index in [1.165, 1.54) is 7.11 Å². The molecule has 0 aliphatic heterocycles. The first-order valence-electron chi connectivity index (χ1n) is 11.3. The molecule has 0 bridgehead atoms. The maximum atomic E-state index is 12.5. The summed E-state index contributed by atoms with van der Waals surface area (Å²) < 4.78 is 9.92. The van der Waals surface area contributed by atoms with Gasteiger partial charge in [0.15, 0.2) is 0 Å². The lowest BCUT2D eigenvalue weighted by Gasteiger charge is -2.13. The molecule has 2 amide bonds. The van der Waals surface area contributed by atoms with Crippen molar-refractivity contribution in [1.82, 2.24) is 5.32 Å². The van der Waals surface area contributed by atoms with Gasteiger partial charge in [-0.05, 0) is 53.8 Å². The van der Waals surface area contributed by atoms with Gasteiger partial charge in [0.2, 0.25) is 5.91 Å². The van der Waals surface area contributed by atoms with Crippen LogP contribution in [0.2, 0.25) is 0 Å². The molecule has 0 fully saturated rings. The average molecular weight is 512 g/mol. The maximum Gasteiger partial charge on any atom is 0.407 e. The summed E-state index contributed by atoms with van der Waals surface area (Å²) in [4.78, 5) is 36.1. The lowest BCUT2D eigenvalue weighted by atomic mass is 10.0. The Morgan fingerprint density at radius 1 is 0.917 bits per heavy atom. The number of nitrogens with one attached hydrogen (secondary N) is 2. The summed E-state index contributed by atoms with van der Waals surface area (Å²) >= 11 is 0. The zero-order valence-electron chi connectivity index (χ0n) is 19.9. The van der Waals surface area contributed by atoms with Crippen molar-refractivity contribution in [2.75, 3.05) is 19.0 Å².